The van der Waals surface area contributed by atoms with E-state index in [-0.39, 0.29) is 18.2 Å². The van der Waals surface area contributed by atoms with Crippen molar-refractivity contribution in [1.82, 2.24) is 4.90 Å². The monoisotopic (exact) mass is 407 g/mol. The number of nitrogens with zero attached hydrogens (tertiary/aromatic N) is 1. The zero-order valence-corrected chi connectivity index (χ0v) is 18.3. The highest BCUT2D eigenvalue weighted by Crippen LogP contribution is 2.37. The number of ether oxygens (including phenoxy) is 4. The van der Waals surface area contributed by atoms with Gasteiger partial charge in [-0.1, -0.05) is 6.07 Å². The minimum absolute atomic E-state index is 0.172. The summed E-state index contributed by atoms with van der Waals surface area (Å²) in [4.78, 5) is 26.7. The number of esters is 1. The summed E-state index contributed by atoms with van der Waals surface area (Å²) >= 11 is 0. The number of methoxy groups -OCH3 is 2. The predicted octanol–water partition coefficient (Wildman–Crippen LogP) is 4.35. The molecule has 1 fully saturated rings. The molecule has 0 aliphatic heterocycles. The Morgan fingerprint density at radius 3 is 2.41 bits per heavy atom. The van der Waals surface area contributed by atoms with E-state index in [4.69, 9.17) is 18.9 Å². The molecule has 0 heterocycles. The highest BCUT2D eigenvalue weighted by atomic mass is 16.6. The Labute approximate surface area is 173 Å². The van der Waals surface area contributed by atoms with Crippen molar-refractivity contribution in [3.05, 3.63) is 29.3 Å². The smallest absolute Gasteiger partial charge is 0.411 e. The summed E-state index contributed by atoms with van der Waals surface area (Å²) in [6, 6.07) is 5.28. The number of hydrogen-bond acceptors (Lipinski definition) is 6. The van der Waals surface area contributed by atoms with E-state index >= 15 is 0 Å². The van der Waals surface area contributed by atoms with Crippen LogP contribution in [-0.4, -0.2) is 56.0 Å². The van der Waals surface area contributed by atoms with Gasteiger partial charge < -0.3 is 18.9 Å². The zero-order valence-electron chi connectivity index (χ0n) is 18.3. The molecule has 0 spiro atoms. The first kappa shape index (κ1) is 23.0. The molecular formula is C22H33NO6. The van der Waals surface area contributed by atoms with Gasteiger partial charge >= 0.3 is 12.1 Å². The second kappa shape index (κ2) is 9.96. The first-order valence-corrected chi connectivity index (χ1v) is 10.0. The largest absolute Gasteiger partial charge is 0.493 e. The third-order valence-electron chi connectivity index (χ3n) is 4.61. The Morgan fingerprint density at radius 2 is 1.86 bits per heavy atom. The van der Waals surface area contributed by atoms with Crippen LogP contribution in [0.4, 0.5) is 4.79 Å². The van der Waals surface area contributed by atoms with Crippen molar-refractivity contribution in [2.24, 2.45) is 0 Å². The van der Waals surface area contributed by atoms with Crippen LogP contribution >= 0.6 is 0 Å². The molecule has 7 nitrogen and oxygen atoms in total. The van der Waals surface area contributed by atoms with E-state index < -0.39 is 11.6 Å². The normalized spacial score (nSPS) is 14.8. The van der Waals surface area contributed by atoms with E-state index in [9.17, 15) is 9.59 Å². The highest BCUT2D eigenvalue weighted by molar-refractivity contribution is 5.92. The maximum absolute atomic E-state index is 12.8. The first-order valence-electron chi connectivity index (χ1n) is 10.0. The number of carbonyl (C=O) groups is 2. The molecule has 0 bridgehead atoms. The summed E-state index contributed by atoms with van der Waals surface area (Å²) in [6.45, 7) is 8.52. The summed E-state index contributed by atoms with van der Waals surface area (Å²) in [5.41, 5.74) is 0.669. The van der Waals surface area contributed by atoms with Gasteiger partial charge in [-0.05, 0) is 58.2 Å². The summed E-state index contributed by atoms with van der Waals surface area (Å²) in [7, 11) is 2.97. The third kappa shape index (κ3) is 6.63. The van der Waals surface area contributed by atoms with Crippen molar-refractivity contribution >= 4 is 12.1 Å². The van der Waals surface area contributed by atoms with Crippen LogP contribution in [0.1, 0.15) is 68.9 Å². The molecule has 0 radical (unpaired) electrons. The highest BCUT2D eigenvalue weighted by Gasteiger charge is 2.39. The van der Waals surface area contributed by atoms with Crippen molar-refractivity contribution in [1.29, 1.82) is 0 Å². The second-order valence-corrected chi connectivity index (χ2v) is 8.24. The van der Waals surface area contributed by atoms with Gasteiger partial charge in [0.05, 0.1) is 19.8 Å². The molecule has 0 N–H and O–H groups in total. The number of benzene rings is 1. The summed E-state index contributed by atoms with van der Waals surface area (Å²) < 4.78 is 21.4. The maximum atomic E-state index is 12.8. The minimum atomic E-state index is -0.561. The van der Waals surface area contributed by atoms with E-state index in [0.29, 0.717) is 30.9 Å². The van der Waals surface area contributed by atoms with Crippen LogP contribution in [0.5, 0.6) is 5.75 Å². The lowest BCUT2D eigenvalue weighted by Gasteiger charge is -2.32. The Kier molecular flexibility index (Phi) is 7.90. The van der Waals surface area contributed by atoms with Gasteiger partial charge in [0.2, 0.25) is 0 Å². The molecule has 1 amide bonds. The van der Waals surface area contributed by atoms with E-state index in [1.807, 2.05) is 39.8 Å². The number of amides is 1. The molecule has 1 aliphatic rings. The molecule has 1 atom stereocenters. The Balaban J connectivity index is 2.26. The van der Waals surface area contributed by atoms with E-state index in [1.54, 1.807) is 18.1 Å². The average molecular weight is 408 g/mol. The molecule has 1 aliphatic carbocycles. The molecule has 1 unspecified atom stereocenters. The second-order valence-electron chi connectivity index (χ2n) is 8.24. The van der Waals surface area contributed by atoms with Gasteiger partial charge in [0.1, 0.15) is 16.9 Å². The quantitative estimate of drug-likeness (QED) is 0.448. The fourth-order valence-corrected chi connectivity index (χ4v) is 3.03. The number of rotatable bonds is 9. The van der Waals surface area contributed by atoms with Gasteiger partial charge in [-0.25, -0.2) is 9.59 Å². The molecular weight excluding hydrogens is 374 g/mol. The van der Waals surface area contributed by atoms with Gasteiger partial charge in [0.15, 0.2) is 0 Å². The molecule has 2 rings (SSSR count). The standard InChI is InChI=1S/C22H33NO6/c1-15(23(17-9-10-17)21(25)29-22(2,3)4)16-8-11-18(20(24)27-6)19(14-16)28-13-7-12-26-5/h8,11,14-15,17H,7,9-10,12-13H2,1-6H3. The molecule has 1 aromatic carbocycles. The van der Waals surface area contributed by atoms with Crippen LogP contribution in [0.2, 0.25) is 0 Å². The third-order valence-corrected chi connectivity index (χ3v) is 4.61. The van der Waals surface area contributed by atoms with E-state index in [0.717, 1.165) is 18.4 Å². The topological polar surface area (TPSA) is 74.3 Å². The van der Waals surface area contributed by atoms with E-state index in [1.165, 1.54) is 7.11 Å². The van der Waals surface area contributed by atoms with Gasteiger partial charge in [0, 0.05) is 26.2 Å². The summed E-state index contributed by atoms with van der Waals surface area (Å²) in [6.07, 6.45) is 2.30. The lowest BCUT2D eigenvalue weighted by atomic mass is 10.0. The summed E-state index contributed by atoms with van der Waals surface area (Å²) in [5.74, 6) is -0.0191. The summed E-state index contributed by atoms with van der Waals surface area (Å²) in [5, 5.41) is 0. The van der Waals surface area contributed by atoms with Crippen LogP contribution in [-0.2, 0) is 14.2 Å². The van der Waals surface area contributed by atoms with Crippen LogP contribution in [0, 0.1) is 0 Å². The maximum Gasteiger partial charge on any atom is 0.411 e. The molecule has 0 saturated heterocycles. The van der Waals surface area contributed by atoms with Crippen LogP contribution in [0.3, 0.4) is 0 Å². The lowest BCUT2D eigenvalue weighted by molar-refractivity contribution is 0.0152. The van der Waals surface area contributed by atoms with Crippen molar-refractivity contribution < 1.29 is 28.5 Å². The molecule has 29 heavy (non-hydrogen) atoms. The van der Waals surface area contributed by atoms with Crippen molar-refractivity contribution in [3.8, 4) is 5.75 Å². The first-order chi connectivity index (χ1) is 13.7. The van der Waals surface area contributed by atoms with Crippen molar-refractivity contribution in [2.45, 2.75) is 64.6 Å². The Morgan fingerprint density at radius 1 is 1.17 bits per heavy atom. The fourth-order valence-electron chi connectivity index (χ4n) is 3.03. The molecule has 1 saturated carbocycles. The number of hydrogen-bond donors (Lipinski definition) is 0. The number of carbonyl (C=O) groups excluding carboxylic acids is 2. The Hall–Kier alpha value is -2.28. The Bertz CT molecular complexity index is 708. The van der Waals surface area contributed by atoms with Crippen LogP contribution < -0.4 is 4.74 Å². The van der Waals surface area contributed by atoms with Gasteiger partial charge in [-0.3, -0.25) is 4.90 Å². The molecule has 0 aromatic heterocycles. The molecule has 1 aromatic rings. The van der Waals surface area contributed by atoms with Crippen molar-refractivity contribution in [2.75, 3.05) is 27.4 Å². The van der Waals surface area contributed by atoms with Gasteiger partial charge in [0.25, 0.3) is 0 Å². The lowest BCUT2D eigenvalue weighted by Crippen LogP contribution is -2.39. The van der Waals surface area contributed by atoms with Gasteiger partial charge in [-0.2, -0.15) is 0 Å². The predicted molar refractivity (Wildman–Crippen MR) is 109 cm³/mol. The van der Waals surface area contributed by atoms with Crippen LogP contribution in [0.25, 0.3) is 0 Å². The molecule has 162 valence electrons. The minimum Gasteiger partial charge on any atom is -0.493 e. The van der Waals surface area contributed by atoms with Crippen molar-refractivity contribution in [3.63, 3.8) is 0 Å². The fraction of sp³-hybridized carbons (Fsp3) is 0.636. The van der Waals surface area contributed by atoms with Gasteiger partial charge in [-0.15, -0.1) is 0 Å². The molecule has 7 heteroatoms. The van der Waals surface area contributed by atoms with E-state index in [2.05, 4.69) is 0 Å². The SMILES string of the molecule is COCCCOc1cc(C(C)N(C(=O)OC(C)(C)C)C2CC2)ccc1C(=O)OC. The average Bonchev–Trinajstić information content (AvgIpc) is 3.48. The van der Waals surface area contributed by atoms with Crippen LogP contribution in [0.15, 0.2) is 18.2 Å². The zero-order chi connectivity index (χ0) is 21.6.